The first-order valence-corrected chi connectivity index (χ1v) is 5.87. The van der Waals surface area contributed by atoms with Gasteiger partial charge < -0.3 is 9.47 Å². The minimum atomic E-state index is -0.557. The molecule has 102 valence electrons. The van der Waals surface area contributed by atoms with Gasteiger partial charge in [-0.3, -0.25) is 5.32 Å². The number of carbonyl (C=O) groups excluding carboxylic acids is 1. The van der Waals surface area contributed by atoms with Crippen LogP contribution in [-0.4, -0.2) is 18.8 Å². The number of nitrogens with zero attached hydrogens (tertiary/aromatic N) is 1. The van der Waals surface area contributed by atoms with Crippen LogP contribution in [0.25, 0.3) is 0 Å². The first kappa shape index (κ1) is 15.0. The highest BCUT2D eigenvalue weighted by atomic mass is 16.6. The lowest BCUT2D eigenvalue weighted by atomic mass is 10.1. The maximum atomic E-state index is 11.6. The van der Waals surface area contributed by atoms with Crippen LogP contribution in [0, 0.1) is 11.3 Å². The van der Waals surface area contributed by atoms with E-state index in [9.17, 15) is 4.79 Å². The topological polar surface area (TPSA) is 71.3 Å². The van der Waals surface area contributed by atoms with Gasteiger partial charge in [-0.15, -0.1) is 0 Å². The third kappa shape index (κ3) is 4.98. The Morgan fingerprint density at radius 1 is 1.42 bits per heavy atom. The van der Waals surface area contributed by atoms with Crippen molar-refractivity contribution in [2.45, 2.75) is 33.0 Å². The van der Waals surface area contributed by atoms with E-state index in [1.165, 1.54) is 0 Å². The van der Waals surface area contributed by atoms with Gasteiger partial charge in [-0.05, 0) is 38.5 Å². The van der Waals surface area contributed by atoms with E-state index in [2.05, 4.69) is 11.4 Å². The van der Waals surface area contributed by atoms with Crippen molar-refractivity contribution in [3.05, 3.63) is 29.3 Å². The number of carbonyl (C=O) groups is 1. The predicted octanol–water partition coefficient (Wildman–Crippen LogP) is 3.05. The van der Waals surface area contributed by atoms with E-state index in [0.29, 0.717) is 17.9 Å². The molecule has 0 saturated heterocycles. The Morgan fingerprint density at radius 2 is 2.11 bits per heavy atom. The monoisotopic (exact) mass is 262 g/mol. The normalized spacial score (nSPS) is 10.7. The molecule has 5 nitrogen and oxygen atoms in total. The van der Waals surface area contributed by atoms with Crippen LogP contribution in [0.1, 0.15) is 31.9 Å². The van der Waals surface area contributed by atoms with Crippen LogP contribution in [0.5, 0.6) is 0 Å². The molecule has 0 aromatic heterocycles. The fourth-order valence-electron chi connectivity index (χ4n) is 1.46. The third-order valence-electron chi connectivity index (χ3n) is 2.18. The second-order valence-corrected chi connectivity index (χ2v) is 5.04. The van der Waals surface area contributed by atoms with Gasteiger partial charge in [-0.25, -0.2) is 4.79 Å². The summed E-state index contributed by atoms with van der Waals surface area (Å²) in [5, 5.41) is 11.6. The summed E-state index contributed by atoms with van der Waals surface area (Å²) in [6.45, 7) is 5.72. The van der Waals surface area contributed by atoms with Crippen LogP contribution in [0.2, 0.25) is 0 Å². The fraction of sp³-hybridized carbons (Fsp3) is 0.429. The number of nitrogens with one attached hydrogen (secondary N) is 1. The highest BCUT2D eigenvalue weighted by Crippen LogP contribution is 2.17. The molecule has 1 amide bonds. The molecule has 0 aliphatic carbocycles. The summed E-state index contributed by atoms with van der Waals surface area (Å²) in [6.07, 6.45) is -0.545. The van der Waals surface area contributed by atoms with Gasteiger partial charge >= 0.3 is 6.09 Å². The molecule has 0 aliphatic rings. The maximum Gasteiger partial charge on any atom is 0.412 e. The summed E-state index contributed by atoms with van der Waals surface area (Å²) in [6, 6.07) is 7.12. The number of ether oxygens (including phenoxy) is 2. The number of anilines is 1. The number of rotatable bonds is 3. The summed E-state index contributed by atoms with van der Waals surface area (Å²) in [4.78, 5) is 11.6. The highest BCUT2D eigenvalue weighted by Gasteiger charge is 2.16. The first-order chi connectivity index (χ1) is 8.85. The number of nitriles is 1. The van der Waals surface area contributed by atoms with Gasteiger partial charge in [-0.2, -0.15) is 5.26 Å². The SMILES string of the molecule is COCc1ccc(NC(=O)OC(C)(C)C)cc1C#N. The van der Waals surface area contributed by atoms with E-state index in [0.717, 1.165) is 5.56 Å². The zero-order chi connectivity index (χ0) is 14.5. The van der Waals surface area contributed by atoms with Gasteiger partial charge in [0.05, 0.1) is 18.2 Å². The van der Waals surface area contributed by atoms with Crippen molar-refractivity contribution in [1.29, 1.82) is 5.26 Å². The second kappa shape index (κ2) is 6.21. The summed E-state index contributed by atoms with van der Waals surface area (Å²) >= 11 is 0. The molecule has 0 saturated carbocycles. The van der Waals surface area contributed by atoms with E-state index in [1.54, 1.807) is 46.1 Å². The molecule has 0 bridgehead atoms. The van der Waals surface area contributed by atoms with E-state index in [-0.39, 0.29) is 0 Å². The van der Waals surface area contributed by atoms with E-state index < -0.39 is 11.7 Å². The molecule has 0 radical (unpaired) electrons. The van der Waals surface area contributed by atoms with Gasteiger partial charge in [0.2, 0.25) is 0 Å². The van der Waals surface area contributed by atoms with Gasteiger partial charge in [0.25, 0.3) is 0 Å². The van der Waals surface area contributed by atoms with Crippen LogP contribution < -0.4 is 5.32 Å². The zero-order valence-corrected chi connectivity index (χ0v) is 11.6. The average Bonchev–Trinajstić information content (AvgIpc) is 2.28. The van der Waals surface area contributed by atoms with Crippen molar-refractivity contribution >= 4 is 11.8 Å². The molecule has 1 N–H and O–H groups in total. The molecule has 1 rings (SSSR count). The molecule has 19 heavy (non-hydrogen) atoms. The molecule has 0 unspecified atom stereocenters. The van der Waals surface area contributed by atoms with Crippen molar-refractivity contribution in [1.82, 2.24) is 0 Å². The summed E-state index contributed by atoms with van der Waals surface area (Å²) < 4.78 is 10.1. The number of hydrogen-bond donors (Lipinski definition) is 1. The molecule has 0 aliphatic heterocycles. The molecule has 1 aromatic rings. The minimum absolute atomic E-state index is 0.357. The molecular formula is C14H18N2O3. The Labute approximate surface area is 113 Å². The van der Waals surface area contributed by atoms with Gasteiger partial charge in [0.15, 0.2) is 0 Å². The molecule has 5 heteroatoms. The lowest BCUT2D eigenvalue weighted by Crippen LogP contribution is -2.27. The van der Waals surface area contributed by atoms with E-state index in [4.69, 9.17) is 14.7 Å². The Bertz CT molecular complexity index is 498. The summed E-state index contributed by atoms with van der Waals surface area (Å²) in [5.41, 5.74) is 1.21. The molecule has 1 aromatic carbocycles. The molecule has 0 atom stereocenters. The minimum Gasteiger partial charge on any atom is -0.444 e. The van der Waals surface area contributed by atoms with Crippen LogP contribution in [0.4, 0.5) is 10.5 Å². The molecular weight excluding hydrogens is 244 g/mol. The smallest absolute Gasteiger partial charge is 0.412 e. The van der Waals surface area contributed by atoms with Crippen molar-refractivity contribution in [3.8, 4) is 6.07 Å². The number of benzene rings is 1. The zero-order valence-electron chi connectivity index (χ0n) is 11.6. The van der Waals surface area contributed by atoms with Crippen molar-refractivity contribution in [2.24, 2.45) is 0 Å². The van der Waals surface area contributed by atoms with Gasteiger partial charge in [0, 0.05) is 12.8 Å². The quantitative estimate of drug-likeness (QED) is 0.908. The van der Waals surface area contributed by atoms with Crippen molar-refractivity contribution in [3.63, 3.8) is 0 Å². The Morgan fingerprint density at radius 3 is 2.63 bits per heavy atom. The van der Waals surface area contributed by atoms with E-state index in [1.807, 2.05) is 0 Å². The van der Waals surface area contributed by atoms with Crippen LogP contribution >= 0.6 is 0 Å². The standard InChI is InChI=1S/C14H18N2O3/c1-14(2,3)19-13(17)16-12-6-5-10(9-18-4)11(7-12)8-15/h5-7H,9H2,1-4H3,(H,16,17). The summed E-state index contributed by atoms with van der Waals surface area (Å²) in [7, 11) is 1.56. The molecule has 0 fully saturated rings. The average molecular weight is 262 g/mol. The van der Waals surface area contributed by atoms with Crippen LogP contribution in [-0.2, 0) is 16.1 Å². The highest BCUT2D eigenvalue weighted by molar-refractivity contribution is 5.85. The Balaban J connectivity index is 2.81. The first-order valence-electron chi connectivity index (χ1n) is 5.87. The molecule has 0 spiro atoms. The fourth-order valence-corrected chi connectivity index (χ4v) is 1.46. The number of amides is 1. The molecule has 0 heterocycles. The van der Waals surface area contributed by atoms with Crippen molar-refractivity contribution in [2.75, 3.05) is 12.4 Å². The van der Waals surface area contributed by atoms with Crippen LogP contribution in [0.15, 0.2) is 18.2 Å². The second-order valence-electron chi connectivity index (χ2n) is 5.04. The third-order valence-corrected chi connectivity index (χ3v) is 2.18. The lowest BCUT2D eigenvalue weighted by Gasteiger charge is -2.19. The Hall–Kier alpha value is -2.06. The Kier molecular flexibility index (Phi) is 4.90. The predicted molar refractivity (Wildman–Crippen MR) is 71.7 cm³/mol. The van der Waals surface area contributed by atoms with E-state index >= 15 is 0 Å². The van der Waals surface area contributed by atoms with Gasteiger partial charge in [-0.1, -0.05) is 6.07 Å². The van der Waals surface area contributed by atoms with Crippen LogP contribution in [0.3, 0.4) is 0 Å². The lowest BCUT2D eigenvalue weighted by molar-refractivity contribution is 0.0636. The summed E-state index contributed by atoms with van der Waals surface area (Å²) in [5.74, 6) is 0. The number of hydrogen-bond acceptors (Lipinski definition) is 4. The largest absolute Gasteiger partial charge is 0.444 e. The van der Waals surface area contributed by atoms with Crippen molar-refractivity contribution < 1.29 is 14.3 Å². The number of methoxy groups -OCH3 is 1. The maximum absolute atomic E-state index is 11.6. The van der Waals surface area contributed by atoms with Gasteiger partial charge in [0.1, 0.15) is 5.60 Å².